The van der Waals surface area contributed by atoms with E-state index in [1.54, 1.807) is 0 Å². The average Bonchev–Trinajstić information content (AvgIpc) is 2.52. The van der Waals surface area contributed by atoms with Crippen LogP contribution in [0.15, 0.2) is 0 Å². The average molecular weight is 237 g/mol. The van der Waals surface area contributed by atoms with E-state index in [1.165, 1.54) is 19.3 Å². The number of anilines is 1. The highest BCUT2D eigenvalue weighted by atomic mass is 16.3. The summed E-state index contributed by atoms with van der Waals surface area (Å²) in [4.78, 5) is 2.36. The lowest BCUT2D eigenvalue weighted by Crippen LogP contribution is -2.34. The molecule has 1 heterocycles. The van der Waals surface area contributed by atoms with Gasteiger partial charge >= 0.3 is 0 Å². The minimum absolute atomic E-state index is 0.0795. The van der Waals surface area contributed by atoms with Crippen molar-refractivity contribution in [1.29, 1.82) is 0 Å². The van der Waals surface area contributed by atoms with Crippen LogP contribution in [0.25, 0.3) is 0 Å². The summed E-state index contributed by atoms with van der Waals surface area (Å²) >= 11 is 0. The first kappa shape index (κ1) is 12.4. The number of aryl methyl sites for hydroxylation is 2. The molecule has 1 aromatic rings. The molecule has 0 bridgehead atoms. The van der Waals surface area contributed by atoms with Crippen molar-refractivity contribution in [2.24, 2.45) is 13.0 Å². The molecule has 1 aliphatic rings. The Morgan fingerprint density at radius 1 is 1.47 bits per heavy atom. The van der Waals surface area contributed by atoms with Crippen LogP contribution in [0.3, 0.4) is 0 Å². The van der Waals surface area contributed by atoms with Crippen LogP contribution >= 0.6 is 0 Å². The SMILES string of the molecule is CCN(CC1CCC1)c1c(CO)c(C)nn1C. The molecule has 0 spiro atoms. The van der Waals surface area contributed by atoms with Gasteiger partial charge in [-0.25, -0.2) is 0 Å². The maximum absolute atomic E-state index is 9.48. The molecule has 0 radical (unpaired) electrons. The topological polar surface area (TPSA) is 41.3 Å². The summed E-state index contributed by atoms with van der Waals surface area (Å²) < 4.78 is 1.91. The van der Waals surface area contributed by atoms with Crippen molar-refractivity contribution in [2.75, 3.05) is 18.0 Å². The molecule has 17 heavy (non-hydrogen) atoms. The van der Waals surface area contributed by atoms with Gasteiger partial charge in [0.15, 0.2) is 0 Å². The van der Waals surface area contributed by atoms with E-state index in [-0.39, 0.29) is 6.61 Å². The highest BCUT2D eigenvalue weighted by Crippen LogP contribution is 2.30. The highest BCUT2D eigenvalue weighted by Gasteiger charge is 2.24. The van der Waals surface area contributed by atoms with Crippen LogP contribution in [0.5, 0.6) is 0 Å². The van der Waals surface area contributed by atoms with Gasteiger partial charge < -0.3 is 10.0 Å². The molecule has 0 saturated heterocycles. The Hall–Kier alpha value is -1.03. The largest absolute Gasteiger partial charge is 0.391 e. The van der Waals surface area contributed by atoms with E-state index < -0.39 is 0 Å². The van der Waals surface area contributed by atoms with Gasteiger partial charge in [0.2, 0.25) is 0 Å². The van der Waals surface area contributed by atoms with E-state index in [1.807, 2.05) is 18.7 Å². The minimum atomic E-state index is 0.0795. The van der Waals surface area contributed by atoms with Gasteiger partial charge in [-0.05, 0) is 32.6 Å². The molecule has 1 aliphatic carbocycles. The summed E-state index contributed by atoms with van der Waals surface area (Å²) in [6, 6.07) is 0. The lowest BCUT2D eigenvalue weighted by atomic mass is 9.85. The van der Waals surface area contributed by atoms with Crippen LogP contribution < -0.4 is 4.90 Å². The smallest absolute Gasteiger partial charge is 0.132 e. The second-order valence-electron chi connectivity index (χ2n) is 5.00. The zero-order valence-electron chi connectivity index (χ0n) is 11.1. The van der Waals surface area contributed by atoms with Crippen molar-refractivity contribution in [3.8, 4) is 0 Å². The third-order valence-corrected chi connectivity index (χ3v) is 3.86. The standard InChI is InChI=1S/C13H23N3O/c1-4-16(8-11-6-5-7-11)13-12(9-17)10(2)14-15(13)3/h11,17H,4-9H2,1-3H3. The van der Waals surface area contributed by atoms with Gasteiger partial charge in [-0.15, -0.1) is 0 Å². The number of rotatable bonds is 5. The van der Waals surface area contributed by atoms with Gasteiger partial charge in [0.1, 0.15) is 5.82 Å². The van der Waals surface area contributed by atoms with Crippen LogP contribution in [0.2, 0.25) is 0 Å². The Kier molecular flexibility index (Phi) is 3.72. The predicted octanol–water partition coefficient (Wildman–Crippen LogP) is 1.85. The fourth-order valence-corrected chi connectivity index (χ4v) is 2.62. The molecular weight excluding hydrogens is 214 g/mol. The van der Waals surface area contributed by atoms with E-state index in [2.05, 4.69) is 16.9 Å². The van der Waals surface area contributed by atoms with Crippen molar-refractivity contribution >= 4 is 5.82 Å². The maximum atomic E-state index is 9.48. The Morgan fingerprint density at radius 2 is 2.18 bits per heavy atom. The molecule has 1 N–H and O–H groups in total. The first-order chi connectivity index (χ1) is 8.17. The normalized spacial score (nSPS) is 16.0. The van der Waals surface area contributed by atoms with Crippen molar-refractivity contribution in [2.45, 2.75) is 39.7 Å². The van der Waals surface area contributed by atoms with Crippen molar-refractivity contribution in [3.05, 3.63) is 11.3 Å². The van der Waals surface area contributed by atoms with Crippen LogP contribution in [0, 0.1) is 12.8 Å². The first-order valence-corrected chi connectivity index (χ1v) is 6.55. The van der Waals surface area contributed by atoms with E-state index in [4.69, 9.17) is 0 Å². The Morgan fingerprint density at radius 3 is 2.65 bits per heavy atom. The van der Waals surface area contributed by atoms with Crippen LogP contribution in [0.4, 0.5) is 5.82 Å². The summed E-state index contributed by atoms with van der Waals surface area (Å²) in [5.41, 5.74) is 1.92. The summed E-state index contributed by atoms with van der Waals surface area (Å²) in [5, 5.41) is 13.9. The Labute approximate surface area is 103 Å². The minimum Gasteiger partial charge on any atom is -0.391 e. The summed E-state index contributed by atoms with van der Waals surface area (Å²) in [7, 11) is 1.96. The van der Waals surface area contributed by atoms with Gasteiger partial charge in [0, 0.05) is 25.7 Å². The highest BCUT2D eigenvalue weighted by molar-refractivity contribution is 5.49. The van der Waals surface area contributed by atoms with Gasteiger partial charge in [-0.2, -0.15) is 5.10 Å². The number of aliphatic hydroxyl groups excluding tert-OH is 1. The number of aromatic nitrogens is 2. The third kappa shape index (κ3) is 2.32. The van der Waals surface area contributed by atoms with Crippen LogP contribution in [0.1, 0.15) is 37.4 Å². The molecule has 0 aromatic carbocycles. The van der Waals surface area contributed by atoms with Crippen molar-refractivity contribution in [3.63, 3.8) is 0 Å². The van der Waals surface area contributed by atoms with E-state index in [0.29, 0.717) is 0 Å². The third-order valence-electron chi connectivity index (χ3n) is 3.86. The molecule has 4 nitrogen and oxygen atoms in total. The van der Waals surface area contributed by atoms with E-state index >= 15 is 0 Å². The zero-order chi connectivity index (χ0) is 12.4. The monoisotopic (exact) mass is 237 g/mol. The van der Waals surface area contributed by atoms with Gasteiger partial charge in [-0.1, -0.05) is 6.42 Å². The maximum Gasteiger partial charge on any atom is 0.132 e. The molecule has 96 valence electrons. The lowest BCUT2D eigenvalue weighted by molar-refractivity contribution is 0.280. The Balaban J connectivity index is 2.22. The molecule has 0 unspecified atom stereocenters. The van der Waals surface area contributed by atoms with Crippen LogP contribution in [-0.4, -0.2) is 28.0 Å². The van der Waals surface area contributed by atoms with Crippen molar-refractivity contribution < 1.29 is 5.11 Å². The van der Waals surface area contributed by atoms with Crippen molar-refractivity contribution in [1.82, 2.24) is 9.78 Å². The van der Waals surface area contributed by atoms with Crippen LogP contribution in [-0.2, 0) is 13.7 Å². The van der Waals surface area contributed by atoms with E-state index in [9.17, 15) is 5.11 Å². The second-order valence-corrected chi connectivity index (χ2v) is 5.00. The first-order valence-electron chi connectivity index (χ1n) is 6.55. The predicted molar refractivity (Wildman–Crippen MR) is 69.1 cm³/mol. The molecule has 0 aliphatic heterocycles. The molecule has 0 amide bonds. The number of nitrogens with zero attached hydrogens (tertiary/aromatic N) is 3. The summed E-state index contributed by atoms with van der Waals surface area (Å²) in [6.07, 6.45) is 4.07. The molecule has 2 rings (SSSR count). The molecule has 1 fully saturated rings. The molecule has 1 saturated carbocycles. The number of aliphatic hydroxyl groups is 1. The van der Waals surface area contributed by atoms with E-state index in [0.717, 1.165) is 36.1 Å². The quantitative estimate of drug-likeness (QED) is 0.849. The van der Waals surface area contributed by atoms with Gasteiger partial charge in [-0.3, -0.25) is 4.68 Å². The number of hydrogen-bond acceptors (Lipinski definition) is 3. The number of hydrogen-bond donors (Lipinski definition) is 1. The summed E-state index contributed by atoms with van der Waals surface area (Å²) in [5.74, 6) is 1.93. The second kappa shape index (κ2) is 5.08. The van der Waals surface area contributed by atoms with Gasteiger partial charge in [0.25, 0.3) is 0 Å². The molecular formula is C13H23N3O. The summed E-state index contributed by atoms with van der Waals surface area (Å²) in [6.45, 7) is 6.29. The lowest BCUT2D eigenvalue weighted by Gasteiger charge is -2.33. The fraction of sp³-hybridized carbons (Fsp3) is 0.769. The molecule has 0 atom stereocenters. The fourth-order valence-electron chi connectivity index (χ4n) is 2.62. The van der Waals surface area contributed by atoms with Gasteiger partial charge in [0.05, 0.1) is 12.3 Å². The zero-order valence-corrected chi connectivity index (χ0v) is 11.1. The molecule has 4 heteroatoms. The molecule has 1 aromatic heterocycles. The Bertz CT molecular complexity index is 382.